The third kappa shape index (κ3) is 2.02. The second kappa shape index (κ2) is 4.09. The summed E-state index contributed by atoms with van der Waals surface area (Å²) in [4.78, 5) is 3.35. The largest absolute Gasteiger partial charge is 0.280 e. The minimum Gasteiger partial charge on any atom is -0.252 e. The molecular formula is C8H7BrF3N. The van der Waals surface area contributed by atoms with Crippen LogP contribution in [0.2, 0.25) is 0 Å². The highest BCUT2D eigenvalue weighted by molar-refractivity contribution is 9.08. The SMILES string of the molecule is Cc1c(F)cnc(C(F)F)c1CBr. The summed E-state index contributed by atoms with van der Waals surface area (Å²) >= 11 is 3.02. The van der Waals surface area contributed by atoms with Gasteiger partial charge in [0.15, 0.2) is 0 Å². The highest BCUT2D eigenvalue weighted by Gasteiger charge is 2.17. The molecule has 0 aliphatic carbocycles. The lowest BCUT2D eigenvalue weighted by Crippen LogP contribution is -2.01. The smallest absolute Gasteiger partial charge is 0.252 e. The second-order valence-corrected chi connectivity index (χ2v) is 3.09. The minimum absolute atomic E-state index is 0.184. The van der Waals surface area contributed by atoms with E-state index in [4.69, 9.17) is 0 Å². The van der Waals surface area contributed by atoms with E-state index in [-0.39, 0.29) is 22.2 Å². The zero-order valence-electron chi connectivity index (χ0n) is 6.82. The fraction of sp³-hybridized carbons (Fsp3) is 0.375. The summed E-state index contributed by atoms with van der Waals surface area (Å²) in [5.41, 5.74) is 0.105. The van der Waals surface area contributed by atoms with Crippen molar-refractivity contribution < 1.29 is 13.2 Å². The van der Waals surface area contributed by atoms with Crippen molar-refractivity contribution in [2.24, 2.45) is 0 Å². The Balaban J connectivity index is 3.30. The maximum Gasteiger partial charge on any atom is 0.280 e. The minimum atomic E-state index is -2.66. The number of hydrogen-bond donors (Lipinski definition) is 0. The molecule has 1 rings (SSSR count). The average Bonchev–Trinajstić information content (AvgIpc) is 2.09. The lowest BCUT2D eigenvalue weighted by molar-refractivity contribution is 0.145. The van der Waals surface area contributed by atoms with Crippen LogP contribution in [0.1, 0.15) is 23.2 Å². The van der Waals surface area contributed by atoms with Crippen molar-refractivity contribution >= 4 is 15.9 Å². The van der Waals surface area contributed by atoms with Crippen LogP contribution in [-0.2, 0) is 5.33 Å². The van der Waals surface area contributed by atoms with Gasteiger partial charge in [-0.05, 0) is 18.1 Å². The molecule has 1 nitrogen and oxygen atoms in total. The van der Waals surface area contributed by atoms with Crippen LogP contribution in [0, 0.1) is 12.7 Å². The number of aromatic nitrogens is 1. The van der Waals surface area contributed by atoms with E-state index in [1.165, 1.54) is 6.92 Å². The molecule has 0 aromatic carbocycles. The molecule has 0 radical (unpaired) electrons. The highest BCUT2D eigenvalue weighted by Crippen LogP contribution is 2.26. The molecule has 0 unspecified atom stereocenters. The number of alkyl halides is 3. The molecule has 0 saturated heterocycles. The van der Waals surface area contributed by atoms with Crippen molar-refractivity contribution in [2.75, 3.05) is 0 Å². The van der Waals surface area contributed by atoms with E-state index in [2.05, 4.69) is 20.9 Å². The van der Waals surface area contributed by atoms with Crippen molar-refractivity contribution in [1.82, 2.24) is 4.98 Å². The number of nitrogens with zero attached hydrogens (tertiary/aromatic N) is 1. The van der Waals surface area contributed by atoms with Gasteiger partial charge >= 0.3 is 0 Å². The lowest BCUT2D eigenvalue weighted by atomic mass is 10.1. The summed E-state index contributed by atoms with van der Waals surface area (Å²) in [6.45, 7) is 1.46. The van der Waals surface area contributed by atoms with Crippen molar-refractivity contribution in [2.45, 2.75) is 18.7 Å². The summed E-state index contributed by atoms with van der Waals surface area (Å²) < 4.78 is 37.5. The van der Waals surface area contributed by atoms with Crippen LogP contribution in [0.4, 0.5) is 13.2 Å². The van der Waals surface area contributed by atoms with Gasteiger partial charge in [0, 0.05) is 5.33 Å². The van der Waals surface area contributed by atoms with E-state index >= 15 is 0 Å². The molecule has 1 aromatic heterocycles. The van der Waals surface area contributed by atoms with Crippen molar-refractivity contribution in [3.05, 3.63) is 28.8 Å². The topological polar surface area (TPSA) is 12.9 Å². The monoisotopic (exact) mass is 253 g/mol. The van der Waals surface area contributed by atoms with E-state index in [0.717, 1.165) is 6.20 Å². The number of rotatable bonds is 2. The molecule has 1 heterocycles. The Bertz CT molecular complexity index is 315. The van der Waals surface area contributed by atoms with Crippen molar-refractivity contribution in [3.63, 3.8) is 0 Å². The Morgan fingerprint density at radius 2 is 2.15 bits per heavy atom. The molecule has 0 saturated carbocycles. The number of hydrogen-bond acceptors (Lipinski definition) is 1. The second-order valence-electron chi connectivity index (χ2n) is 2.53. The van der Waals surface area contributed by atoms with Crippen LogP contribution in [-0.4, -0.2) is 4.98 Å². The van der Waals surface area contributed by atoms with Gasteiger partial charge in [0.25, 0.3) is 6.43 Å². The van der Waals surface area contributed by atoms with Crippen LogP contribution < -0.4 is 0 Å². The van der Waals surface area contributed by atoms with E-state index in [1.54, 1.807) is 0 Å². The molecule has 0 aliphatic heterocycles. The van der Waals surface area contributed by atoms with Gasteiger partial charge in [-0.3, -0.25) is 4.98 Å². The Morgan fingerprint density at radius 3 is 2.62 bits per heavy atom. The fourth-order valence-corrected chi connectivity index (χ4v) is 1.70. The molecular weight excluding hydrogens is 247 g/mol. The van der Waals surface area contributed by atoms with Crippen LogP contribution in [0.15, 0.2) is 6.20 Å². The van der Waals surface area contributed by atoms with E-state index < -0.39 is 12.2 Å². The summed E-state index contributed by atoms with van der Waals surface area (Å²) in [5, 5.41) is 0.184. The molecule has 0 N–H and O–H groups in total. The molecule has 0 fully saturated rings. The Kier molecular flexibility index (Phi) is 3.30. The molecule has 5 heteroatoms. The molecule has 0 spiro atoms. The molecule has 0 bridgehead atoms. The van der Waals surface area contributed by atoms with Crippen LogP contribution in [0.5, 0.6) is 0 Å². The fourth-order valence-electron chi connectivity index (χ4n) is 0.994. The zero-order valence-corrected chi connectivity index (χ0v) is 8.41. The highest BCUT2D eigenvalue weighted by atomic mass is 79.9. The molecule has 0 atom stereocenters. The van der Waals surface area contributed by atoms with Crippen LogP contribution in [0.25, 0.3) is 0 Å². The van der Waals surface area contributed by atoms with Crippen molar-refractivity contribution in [1.29, 1.82) is 0 Å². The first-order valence-corrected chi connectivity index (χ1v) is 4.68. The third-order valence-corrected chi connectivity index (χ3v) is 2.34. The summed E-state index contributed by atoms with van der Waals surface area (Å²) in [6, 6.07) is 0. The third-order valence-electron chi connectivity index (χ3n) is 1.78. The van der Waals surface area contributed by atoms with Gasteiger partial charge < -0.3 is 0 Å². The van der Waals surface area contributed by atoms with E-state index in [1.807, 2.05) is 0 Å². The average molecular weight is 254 g/mol. The van der Waals surface area contributed by atoms with Gasteiger partial charge in [-0.15, -0.1) is 0 Å². The van der Waals surface area contributed by atoms with Gasteiger partial charge in [-0.25, -0.2) is 13.2 Å². The van der Waals surface area contributed by atoms with Crippen LogP contribution >= 0.6 is 15.9 Å². The molecule has 0 amide bonds. The quantitative estimate of drug-likeness (QED) is 0.737. The predicted octanol–water partition coefficient (Wildman–Crippen LogP) is 3.36. The maximum absolute atomic E-state index is 12.9. The van der Waals surface area contributed by atoms with E-state index in [0.29, 0.717) is 0 Å². The number of halogens is 4. The first-order chi connectivity index (χ1) is 6.07. The van der Waals surface area contributed by atoms with Crippen molar-refractivity contribution in [3.8, 4) is 0 Å². The molecule has 1 aromatic rings. The van der Waals surface area contributed by atoms with E-state index in [9.17, 15) is 13.2 Å². The van der Waals surface area contributed by atoms with Crippen LogP contribution in [0.3, 0.4) is 0 Å². The van der Waals surface area contributed by atoms with Gasteiger partial charge in [-0.1, -0.05) is 15.9 Å². The van der Waals surface area contributed by atoms with Gasteiger partial charge in [-0.2, -0.15) is 0 Å². The Hall–Kier alpha value is -0.580. The molecule has 72 valence electrons. The first-order valence-electron chi connectivity index (χ1n) is 3.56. The molecule has 0 aliphatic rings. The Labute approximate surface area is 82.1 Å². The van der Waals surface area contributed by atoms with Gasteiger partial charge in [0.05, 0.1) is 6.20 Å². The predicted molar refractivity (Wildman–Crippen MR) is 46.5 cm³/mol. The Morgan fingerprint density at radius 1 is 1.54 bits per heavy atom. The summed E-state index contributed by atoms with van der Waals surface area (Å²) in [6.07, 6.45) is -1.84. The normalized spacial score (nSPS) is 10.9. The maximum atomic E-state index is 12.9. The zero-order chi connectivity index (χ0) is 10.0. The summed E-state index contributed by atoms with van der Waals surface area (Å²) in [5.74, 6) is -0.557. The van der Waals surface area contributed by atoms with Gasteiger partial charge in [0.1, 0.15) is 11.5 Å². The first kappa shape index (κ1) is 10.5. The molecule has 13 heavy (non-hydrogen) atoms. The summed E-state index contributed by atoms with van der Waals surface area (Å²) in [7, 11) is 0. The van der Waals surface area contributed by atoms with Gasteiger partial charge in [0.2, 0.25) is 0 Å². The lowest BCUT2D eigenvalue weighted by Gasteiger charge is -2.08. The number of pyridine rings is 1. The standard InChI is InChI=1S/C8H7BrF3N/c1-4-5(2-9)7(8(11)12)13-3-6(4)10/h3,8H,2H2,1H3.